The van der Waals surface area contributed by atoms with Crippen molar-refractivity contribution in [3.8, 4) is 6.07 Å². The minimum absolute atomic E-state index is 0.115. The Bertz CT molecular complexity index is 573. The van der Waals surface area contributed by atoms with Crippen LogP contribution in [0, 0.1) is 11.3 Å². The number of rotatable bonds is 6. The zero-order chi connectivity index (χ0) is 15.3. The first kappa shape index (κ1) is 16.6. The highest BCUT2D eigenvalue weighted by Gasteiger charge is 2.27. The van der Waals surface area contributed by atoms with Crippen LogP contribution >= 0.6 is 0 Å². The van der Waals surface area contributed by atoms with Gasteiger partial charge in [0.1, 0.15) is 0 Å². The first-order valence-electron chi connectivity index (χ1n) is 6.49. The Morgan fingerprint density at radius 3 is 2.20 bits per heavy atom. The highest BCUT2D eigenvalue weighted by atomic mass is 32.2. The van der Waals surface area contributed by atoms with E-state index >= 15 is 0 Å². The smallest absolute Gasteiger partial charge is 0.243 e. The molecule has 0 aliphatic heterocycles. The van der Waals surface area contributed by atoms with Gasteiger partial charge in [-0.3, -0.25) is 0 Å². The lowest BCUT2D eigenvalue weighted by atomic mass is 10.2. The van der Waals surface area contributed by atoms with Gasteiger partial charge in [-0.25, -0.2) is 8.42 Å². The third kappa shape index (κ3) is 3.79. The third-order valence-electron chi connectivity index (χ3n) is 3.02. The molecule has 0 N–H and O–H groups in total. The van der Waals surface area contributed by atoms with Crippen LogP contribution in [-0.4, -0.2) is 50.8 Å². The van der Waals surface area contributed by atoms with Crippen molar-refractivity contribution in [3.05, 3.63) is 29.8 Å². The second-order valence-electron chi connectivity index (χ2n) is 4.96. The molecule has 0 bridgehead atoms. The fourth-order valence-electron chi connectivity index (χ4n) is 2.17. The first-order chi connectivity index (χ1) is 9.32. The van der Waals surface area contributed by atoms with E-state index in [2.05, 4.69) is 0 Å². The summed E-state index contributed by atoms with van der Waals surface area (Å²) in [5.41, 5.74) is 0.452. The minimum Gasteiger partial charge on any atom is -0.308 e. The highest BCUT2D eigenvalue weighted by Crippen LogP contribution is 2.18. The maximum atomic E-state index is 12.6. The van der Waals surface area contributed by atoms with Crippen LogP contribution in [0.1, 0.15) is 19.4 Å². The van der Waals surface area contributed by atoms with Crippen molar-refractivity contribution in [3.63, 3.8) is 0 Å². The molecule has 110 valence electrons. The van der Waals surface area contributed by atoms with Gasteiger partial charge in [0.15, 0.2) is 0 Å². The summed E-state index contributed by atoms with van der Waals surface area (Å²) in [5, 5.41) is 8.76. The Labute approximate surface area is 121 Å². The summed E-state index contributed by atoms with van der Waals surface area (Å²) in [4.78, 5) is 2.19. The third-order valence-corrected chi connectivity index (χ3v) is 5.13. The van der Waals surface area contributed by atoms with E-state index in [0.717, 1.165) is 0 Å². The standard InChI is InChI=1S/C14H21N3O2S/c1-5-17(12(2)11-16(3)4)20(18,19)14-8-6-13(10-15)7-9-14/h6-9,12H,5,11H2,1-4H3. The Morgan fingerprint density at radius 1 is 1.25 bits per heavy atom. The molecule has 0 aliphatic carbocycles. The molecule has 0 saturated carbocycles. The molecule has 0 spiro atoms. The summed E-state index contributed by atoms with van der Waals surface area (Å²) < 4.78 is 26.7. The van der Waals surface area contributed by atoms with Gasteiger partial charge in [-0.15, -0.1) is 0 Å². The maximum absolute atomic E-state index is 12.6. The highest BCUT2D eigenvalue weighted by molar-refractivity contribution is 7.89. The van der Waals surface area contributed by atoms with Crippen molar-refractivity contribution >= 4 is 10.0 Å². The van der Waals surface area contributed by atoms with Crippen LogP contribution in [0.3, 0.4) is 0 Å². The van der Waals surface area contributed by atoms with Gasteiger partial charge in [-0.1, -0.05) is 6.92 Å². The monoisotopic (exact) mass is 295 g/mol. The Balaban J connectivity index is 3.08. The molecule has 0 fully saturated rings. The molecule has 0 amide bonds. The summed E-state index contributed by atoms with van der Waals surface area (Å²) in [7, 11) is 0.307. The Kier molecular flexibility index (Phi) is 5.69. The fourth-order valence-corrected chi connectivity index (χ4v) is 3.81. The predicted octanol–water partition coefficient (Wildman–Crippen LogP) is 1.52. The normalized spacial score (nSPS) is 13.4. The summed E-state index contributed by atoms with van der Waals surface area (Å²) in [6.45, 7) is 4.79. The second kappa shape index (κ2) is 6.84. The van der Waals surface area contributed by atoms with Gasteiger partial charge in [0.2, 0.25) is 10.0 Å². The molecule has 20 heavy (non-hydrogen) atoms. The number of hydrogen-bond acceptors (Lipinski definition) is 4. The lowest BCUT2D eigenvalue weighted by Gasteiger charge is -2.29. The minimum atomic E-state index is -3.52. The van der Waals surface area contributed by atoms with Crippen molar-refractivity contribution < 1.29 is 8.42 Å². The molecular formula is C14H21N3O2S. The van der Waals surface area contributed by atoms with E-state index in [-0.39, 0.29) is 10.9 Å². The van der Waals surface area contributed by atoms with Crippen LogP contribution < -0.4 is 0 Å². The number of hydrogen-bond donors (Lipinski definition) is 0. The number of likely N-dealkylation sites (N-methyl/N-ethyl adjacent to an activating group) is 2. The quantitative estimate of drug-likeness (QED) is 0.798. The molecule has 1 aromatic rings. The topological polar surface area (TPSA) is 64.4 Å². The molecule has 1 atom stereocenters. The van der Waals surface area contributed by atoms with Crippen molar-refractivity contribution in [2.45, 2.75) is 24.8 Å². The summed E-state index contributed by atoms with van der Waals surface area (Å²) >= 11 is 0. The van der Waals surface area contributed by atoms with E-state index in [0.29, 0.717) is 18.7 Å². The molecule has 1 rings (SSSR count). The predicted molar refractivity (Wildman–Crippen MR) is 78.7 cm³/mol. The molecule has 1 unspecified atom stereocenters. The summed E-state index contributed by atoms with van der Waals surface area (Å²) in [5.74, 6) is 0. The first-order valence-corrected chi connectivity index (χ1v) is 7.93. The van der Waals surface area contributed by atoms with Gasteiger partial charge in [0.05, 0.1) is 16.5 Å². The van der Waals surface area contributed by atoms with Crippen molar-refractivity contribution in [1.29, 1.82) is 5.26 Å². The van der Waals surface area contributed by atoms with Gasteiger partial charge in [-0.05, 0) is 45.3 Å². The molecule has 0 saturated heterocycles. The van der Waals surface area contributed by atoms with E-state index in [9.17, 15) is 8.42 Å². The van der Waals surface area contributed by atoms with Crippen LogP contribution in [0.2, 0.25) is 0 Å². The van der Waals surface area contributed by atoms with Crippen molar-refractivity contribution in [1.82, 2.24) is 9.21 Å². The fraction of sp³-hybridized carbons (Fsp3) is 0.500. The molecule has 0 radical (unpaired) electrons. The lowest BCUT2D eigenvalue weighted by molar-refractivity contribution is 0.271. The van der Waals surface area contributed by atoms with Crippen molar-refractivity contribution in [2.75, 3.05) is 27.2 Å². The van der Waals surface area contributed by atoms with Crippen LogP contribution in [0.25, 0.3) is 0 Å². The molecule has 5 nitrogen and oxygen atoms in total. The number of nitrogens with zero attached hydrogens (tertiary/aromatic N) is 3. The SMILES string of the molecule is CCN(C(C)CN(C)C)S(=O)(=O)c1ccc(C#N)cc1. The average molecular weight is 295 g/mol. The number of benzene rings is 1. The van der Waals surface area contributed by atoms with Gasteiger partial charge in [0.25, 0.3) is 0 Å². The largest absolute Gasteiger partial charge is 0.308 e. The van der Waals surface area contributed by atoms with Crippen LogP contribution in [0.4, 0.5) is 0 Å². The van der Waals surface area contributed by atoms with E-state index in [1.807, 2.05) is 38.9 Å². The van der Waals surface area contributed by atoms with E-state index in [1.54, 1.807) is 0 Å². The Morgan fingerprint density at radius 2 is 1.80 bits per heavy atom. The molecule has 6 heteroatoms. The summed E-state index contributed by atoms with van der Waals surface area (Å²) in [6.07, 6.45) is 0. The second-order valence-corrected chi connectivity index (χ2v) is 6.85. The van der Waals surface area contributed by atoms with Gasteiger partial charge in [0, 0.05) is 19.1 Å². The van der Waals surface area contributed by atoms with Gasteiger partial charge in [-0.2, -0.15) is 9.57 Å². The molecule has 0 aliphatic rings. The zero-order valence-corrected chi connectivity index (χ0v) is 13.2. The molecule has 0 aromatic heterocycles. The van der Waals surface area contributed by atoms with Crippen LogP contribution in [-0.2, 0) is 10.0 Å². The van der Waals surface area contributed by atoms with E-state index in [1.165, 1.54) is 28.6 Å². The molecule has 1 aromatic carbocycles. The van der Waals surface area contributed by atoms with Crippen molar-refractivity contribution in [2.24, 2.45) is 0 Å². The van der Waals surface area contributed by atoms with E-state index in [4.69, 9.17) is 5.26 Å². The lowest BCUT2D eigenvalue weighted by Crippen LogP contribution is -2.43. The number of sulfonamides is 1. The summed E-state index contributed by atoms with van der Waals surface area (Å²) in [6, 6.07) is 7.89. The van der Waals surface area contributed by atoms with Gasteiger partial charge >= 0.3 is 0 Å². The average Bonchev–Trinajstić information content (AvgIpc) is 2.38. The van der Waals surface area contributed by atoms with E-state index < -0.39 is 10.0 Å². The zero-order valence-electron chi connectivity index (χ0n) is 12.4. The number of nitriles is 1. The maximum Gasteiger partial charge on any atom is 0.243 e. The Hall–Kier alpha value is -1.42. The molecular weight excluding hydrogens is 274 g/mol. The van der Waals surface area contributed by atoms with Gasteiger partial charge < -0.3 is 4.90 Å². The molecule has 0 heterocycles. The van der Waals surface area contributed by atoms with Crippen LogP contribution in [0.15, 0.2) is 29.2 Å². The van der Waals surface area contributed by atoms with Crippen LogP contribution in [0.5, 0.6) is 0 Å².